The van der Waals surface area contributed by atoms with Gasteiger partial charge in [0.1, 0.15) is 5.82 Å². The zero-order valence-electron chi connectivity index (χ0n) is 12.5. The molecule has 3 rings (SSSR count). The van der Waals surface area contributed by atoms with E-state index >= 15 is 0 Å². The van der Waals surface area contributed by atoms with Crippen molar-refractivity contribution >= 4 is 5.91 Å². The summed E-state index contributed by atoms with van der Waals surface area (Å²) in [5, 5.41) is 3.48. The van der Waals surface area contributed by atoms with Crippen molar-refractivity contribution < 1.29 is 9.18 Å². The first-order valence-electron chi connectivity index (χ1n) is 7.50. The van der Waals surface area contributed by atoms with Gasteiger partial charge in [0.05, 0.1) is 0 Å². The lowest BCUT2D eigenvalue weighted by molar-refractivity contribution is 0.0607. The number of benzene rings is 2. The van der Waals surface area contributed by atoms with Gasteiger partial charge in [-0.2, -0.15) is 0 Å². The Labute approximate surface area is 129 Å². The first-order chi connectivity index (χ1) is 10.6. The average Bonchev–Trinajstić information content (AvgIpc) is 2.56. The molecule has 0 saturated carbocycles. The van der Waals surface area contributed by atoms with Crippen LogP contribution in [-0.2, 0) is 0 Å². The molecule has 0 bridgehead atoms. The van der Waals surface area contributed by atoms with Crippen LogP contribution < -0.4 is 5.32 Å². The minimum Gasteiger partial charge on any atom is -0.333 e. The third kappa shape index (κ3) is 3.02. The number of rotatable bonds is 2. The van der Waals surface area contributed by atoms with Gasteiger partial charge in [0.25, 0.3) is 5.91 Å². The Morgan fingerprint density at radius 2 is 1.82 bits per heavy atom. The maximum Gasteiger partial charge on any atom is 0.254 e. The molecule has 1 fully saturated rings. The molecule has 2 aromatic rings. The van der Waals surface area contributed by atoms with E-state index in [9.17, 15) is 9.18 Å². The van der Waals surface area contributed by atoms with Gasteiger partial charge < -0.3 is 10.2 Å². The lowest BCUT2D eigenvalue weighted by Gasteiger charge is -2.39. The lowest BCUT2D eigenvalue weighted by Crippen LogP contribution is -2.53. The number of carbonyl (C=O) groups excluding carboxylic acids is 1. The molecular weight excluding hydrogens is 279 g/mol. The molecule has 1 heterocycles. The molecule has 2 atom stereocenters. The van der Waals surface area contributed by atoms with Gasteiger partial charge in [0.2, 0.25) is 0 Å². The first-order valence-corrected chi connectivity index (χ1v) is 7.50. The van der Waals surface area contributed by atoms with Gasteiger partial charge in [0, 0.05) is 30.7 Å². The Hall–Kier alpha value is -2.20. The number of piperazine rings is 1. The zero-order chi connectivity index (χ0) is 15.5. The van der Waals surface area contributed by atoms with Crippen molar-refractivity contribution in [3.05, 3.63) is 71.5 Å². The van der Waals surface area contributed by atoms with Crippen LogP contribution in [0, 0.1) is 5.82 Å². The molecule has 3 nitrogen and oxygen atoms in total. The van der Waals surface area contributed by atoms with Gasteiger partial charge in [-0.15, -0.1) is 0 Å². The number of hydrogen-bond donors (Lipinski definition) is 1. The fourth-order valence-electron chi connectivity index (χ4n) is 2.81. The van der Waals surface area contributed by atoms with Crippen LogP contribution in [0.3, 0.4) is 0 Å². The highest BCUT2D eigenvalue weighted by molar-refractivity contribution is 5.94. The summed E-state index contributed by atoms with van der Waals surface area (Å²) in [5.74, 6) is -0.373. The number of hydrogen-bond acceptors (Lipinski definition) is 2. The molecule has 4 heteroatoms. The summed E-state index contributed by atoms with van der Waals surface area (Å²) >= 11 is 0. The van der Waals surface area contributed by atoms with Crippen LogP contribution in [0.2, 0.25) is 0 Å². The Morgan fingerprint density at radius 3 is 2.50 bits per heavy atom. The predicted molar refractivity (Wildman–Crippen MR) is 84.1 cm³/mol. The van der Waals surface area contributed by atoms with Crippen molar-refractivity contribution in [2.75, 3.05) is 13.1 Å². The molecule has 1 N–H and O–H groups in total. The number of halogens is 1. The predicted octanol–water partition coefficient (Wildman–Crippen LogP) is 3.00. The van der Waals surface area contributed by atoms with Crippen LogP contribution >= 0.6 is 0 Å². The Kier molecular flexibility index (Phi) is 4.20. The molecule has 0 aromatic heterocycles. The van der Waals surface area contributed by atoms with Gasteiger partial charge in [-0.25, -0.2) is 4.39 Å². The Bertz CT molecular complexity index is 642. The third-order valence-corrected chi connectivity index (χ3v) is 4.12. The SMILES string of the molecule is CC1CNC(c2ccccc2)CN1C(=O)c1ccc(F)cc1. The highest BCUT2D eigenvalue weighted by Crippen LogP contribution is 2.21. The molecule has 0 radical (unpaired) electrons. The fourth-order valence-corrected chi connectivity index (χ4v) is 2.81. The standard InChI is InChI=1S/C18H19FN2O/c1-13-11-20-17(14-5-3-2-4-6-14)12-21(13)18(22)15-7-9-16(19)10-8-15/h2-10,13,17,20H,11-12H2,1H3. The van der Waals surface area contributed by atoms with Gasteiger partial charge in [0.15, 0.2) is 0 Å². The smallest absolute Gasteiger partial charge is 0.254 e. The quantitative estimate of drug-likeness (QED) is 0.924. The van der Waals surface area contributed by atoms with Crippen molar-refractivity contribution in [1.29, 1.82) is 0 Å². The number of amides is 1. The minimum absolute atomic E-state index is 0.0464. The van der Waals surface area contributed by atoms with Crippen molar-refractivity contribution in [3.8, 4) is 0 Å². The first kappa shape index (κ1) is 14.7. The summed E-state index contributed by atoms with van der Waals surface area (Å²) in [6.07, 6.45) is 0. The highest BCUT2D eigenvalue weighted by Gasteiger charge is 2.29. The topological polar surface area (TPSA) is 32.3 Å². The monoisotopic (exact) mass is 298 g/mol. The van der Waals surface area contributed by atoms with Crippen LogP contribution in [0.25, 0.3) is 0 Å². The fraction of sp³-hybridized carbons (Fsp3) is 0.278. The average molecular weight is 298 g/mol. The summed E-state index contributed by atoms with van der Waals surface area (Å²) in [6, 6.07) is 16.1. The van der Waals surface area contributed by atoms with E-state index in [1.807, 2.05) is 30.0 Å². The Morgan fingerprint density at radius 1 is 1.14 bits per heavy atom. The van der Waals surface area contributed by atoms with Gasteiger partial charge in [-0.1, -0.05) is 30.3 Å². The van der Waals surface area contributed by atoms with Crippen LogP contribution in [0.4, 0.5) is 4.39 Å². The lowest BCUT2D eigenvalue weighted by atomic mass is 10.0. The minimum atomic E-state index is -0.327. The van der Waals surface area contributed by atoms with Gasteiger partial charge in [-0.3, -0.25) is 4.79 Å². The van der Waals surface area contributed by atoms with Crippen molar-refractivity contribution in [3.63, 3.8) is 0 Å². The molecular formula is C18H19FN2O. The highest BCUT2D eigenvalue weighted by atomic mass is 19.1. The maximum absolute atomic E-state index is 13.0. The summed E-state index contributed by atoms with van der Waals surface area (Å²) < 4.78 is 13.0. The molecule has 1 aliphatic rings. The number of nitrogens with zero attached hydrogens (tertiary/aromatic N) is 1. The molecule has 1 saturated heterocycles. The van der Waals surface area contributed by atoms with E-state index in [2.05, 4.69) is 17.4 Å². The molecule has 0 aliphatic carbocycles. The van der Waals surface area contributed by atoms with Gasteiger partial charge in [-0.05, 0) is 36.8 Å². The largest absolute Gasteiger partial charge is 0.333 e. The number of nitrogens with one attached hydrogen (secondary N) is 1. The van der Waals surface area contributed by atoms with Crippen molar-refractivity contribution in [2.24, 2.45) is 0 Å². The Balaban J connectivity index is 1.79. The summed E-state index contributed by atoms with van der Waals surface area (Å²) in [7, 11) is 0. The molecule has 114 valence electrons. The van der Waals surface area contributed by atoms with Gasteiger partial charge >= 0.3 is 0 Å². The number of carbonyl (C=O) groups is 1. The molecule has 2 aromatic carbocycles. The van der Waals surface area contributed by atoms with E-state index in [4.69, 9.17) is 0 Å². The summed E-state index contributed by atoms with van der Waals surface area (Å²) in [5.41, 5.74) is 1.70. The van der Waals surface area contributed by atoms with Crippen LogP contribution in [-0.4, -0.2) is 29.9 Å². The molecule has 1 aliphatic heterocycles. The third-order valence-electron chi connectivity index (χ3n) is 4.12. The van der Waals surface area contributed by atoms with E-state index in [1.165, 1.54) is 17.7 Å². The van der Waals surface area contributed by atoms with Crippen molar-refractivity contribution in [2.45, 2.75) is 19.0 Å². The van der Waals surface area contributed by atoms with E-state index in [1.54, 1.807) is 12.1 Å². The molecule has 0 spiro atoms. The summed E-state index contributed by atoms with van der Waals surface area (Å²) in [4.78, 5) is 14.5. The molecule has 1 amide bonds. The van der Waals surface area contributed by atoms with Crippen LogP contribution in [0.1, 0.15) is 28.9 Å². The molecule has 22 heavy (non-hydrogen) atoms. The van der Waals surface area contributed by atoms with E-state index in [-0.39, 0.29) is 23.8 Å². The summed E-state index contributed by atoms with van der Waals surface area (Å²) in [6.45, 7) is 3.38. The second-order valence-electron chi connectivity index (χ2n) is 5.68. The molecule has 2 unspecified atom stereocenters. The van der Waals surface area contributed by atoms with E-state index in [0.717, 1.165) is 6.54 Å². The second kappa shape index (κ2) is 6.28. The van der Waals surface area contributed by atoms with E-state index in [0.29, 0.717) is 12.1 Å². The zero-order valence-corrected chi connectivity index (χ0v) is 12.5. The van der Waals surface area contributed by atoms with Crippen molar-refractivity contribution in [1.82, 2.24) is 10.2 Å². The van der Waals surface area contributed by atoms with Crippen LogP contribution in [0.5, 0.6) is 0 Å². The normalized spacial score (nSPS) is 21.6. The second-order valence-corrected chi connectivity index (χ2v) is 5.68. The maximum atomic E-state index is 13.0. The van der Waals surface area contributed by atoms with Crippen LogP contribution in [0.15, 0.2) is 54.6 Å². The van der Waals surface area contributed by atoms with E-state index < -0.39 is 0 Å².